The first kappa shape index (κ1) is 21.2. The van der Waals surface area contributed by atoms with E-state index in [0.717, 1.165) is 0 Å². The maximum atomic E-state index is 2.38. The summed E-state index contributed by atoms with van der Waals surface area (Å²) in [4.78, 5) is 0. The van der Waals surface area contributed by atoms with Gasteiger partial charge in [-0.15, -0.1) is 0 Å². The van der Waals surface area contributed by atoms with Crippen LogP contribution >= 0.6 is 0 Å². The first-order chi connectivity index (χ1) is 10.2. The minimum atomic E-state index is -0.927. The van der Waals surface area contributed by atoms with E-state index in [2.05, 4.69) is 27.7 Å². The zero-order valence-electron chi connectivity index (χ0n) is 15.8. The average Bonchev–Trinajstić information content (AvgIpc) is 2.51. The Labute approximate surface area is 137 Å². The zero-order valence-corrected chi connectivity index (χ0v) is 16.8. The molecule has 0 saturated heterocycles. The lowest BCUT2D eigenvalue weighted by Gasteiger charge is -2.32. The van der Waals surface area contributed by atoms with Crippen LogP contribution in [0, 0.1) is 0 Å². The van der Waals surface area contributed by atoms with Gasteiger partial charge in [0.15, 0.2) is 0 Å². The Kier molecular flexibility index (Phi) is 15.3. The lowest BCUT2D eigenvalue weighted by atomic mass is 10.1. The van der Waals surface area contributed by atoms with Crippen molar-refractivity contribution in [2.24, 2.45) is 0 Å². The quantitative estimate of drug-likeness (QED) is 0.199. The molecule has 0 bridgehead atoms. The van der Waals surface area contributed by atoms with Gasteiger partial charge < -0.3 is 0 Å². The van der Waals surface area contributed by atoms with Gasteiger partial charge in [0, 0.05) is 0 Å². The molecule has 0 radical (unpaired) electrons. The molecule has 21 heavy (non-hydrogen) atoms. The van der Waals surface area contributed by atoms with Crippen molar-refractivity contribution in [3.63, 3.8) is 0 Å². The second-order valence-corrected chi connectivity index (χ2v) is 12.3. The van der Waals surface area contributed by atoms with Gasteiger partial charge in [-0.05, 0) is 0 Å². The van der Waals surface area contributed by atoms with Gasteiger partial charge in [0.05, 0.1) is 8.07 Å². The van der Waals surface area contributed by atoms with Crippen molar-refractivity contribution < 1.29 is 0 Å². The number of hydrogen-bond donors (Lipinski definition) is 0. The summed E-state index contributed by atoms with van der Waals surface area (Å²) in [5.74, 6) is 0. The van der Waals surface area contributed by atoms with Crippen molar-refractivity contribution in [1.29, 1.82) is 0 Å². The standard InChI is InChI=1S/C20H44Si/c1-5-9-13-14-15-16-20-21(17-10-6-2,18-11-7-3)19-12-8-4/h5-20H2,1-4H3. The van der Waals surface area contributed by atoms with Crippen LogP contribution in [0.4, 0.5) is 0 Å². The second kappa shape index (κ2) is 15.1. The van der Waals surface area contributed by atoms with Crippen molar-refractivity contribution in [2.45, 2.75) is 129 Å². The van der Waals surface area contributed by atoms with E-state index in [1.807, 2.05) is 0 Å². The van der Waals surface area contributed by atoms with Gasteiger partial charge in [0.2, 0.25) is 0 Å². The summed E-state index contributed by atoms with van der Waals surface area (Å²) in [6.45, 7) is 9.45. The topological polar surface area (TPSA) is 0 Å². The normalized spacial score (nSPS) is 12.0. The van der Waals surface area contributed by atoms with Crippen LogP contribution in [0.15, 0.2) is 0 Å². The van der Waals surface area contributed by atoms with Crippen LogP contribution in [0.5, 0.6) is 0 Å². The van der Waals surface area contributed by atoms with Gasteiger partial charge in [0.25, 0.3) is 0 Å². The minimum Gasteiger partial charge on any atom is -0.0654 e. The molecule has 0 fully saturated rings. The summed E-state index contributed by atoms with van der Waals surface area (Å²) in [5, 5.41) is 0. The SMILES string of the molecule is CCCCCCCC[Si](CCCC)(CCCC)CCCC. The van der Waals surface area contributed by atoms with Crippen LogP contribution in [0.2, 0.25) is 24.2 Å². The molecular weight excluding hydrogens is 268 g/mol. The summed E-state index contributed by atoms with van der Waals surface area (Å²) in [7, 11) is -0.927. The third kappa shape index (κ3) is 11.4. The predicted octanol–water partition coefficient (Wildman–Crippen LogP) is 8.20. The lowest BCUT2D eigenvalue weighted by Crippen LogP contribution is -2.33. The van der Waals surface area contributed by atoms with Crippen molar-refractivity contribution in [3.8, 4) is 0 Å². The molecule has 0 rings (SSSR count). The smallest absolute Gasteiger partial charge is 0.0535 e. The highest BCUT2D eigenvalue weighted by atomic mass is 28.3. The summed E-state index contributed by atoms with van der Waals surface area (Å²) in [6.07, 6.45) is 17.6. The molecule has 0 aromatic rings. The molecule has 0 aromatic heterocycles. The average molecular weight is 313 g/mol. The van der Waals surface area contributed by atoms with E-state index in [4.69, 9.17) is 0 Å². The van der Waals surface area contributed by atoms with Crippen LogP contribution in [0.25, 0.3) is 0 Å². The second-order valence-electron chi connectivity index (χ2n) is 7.33. The summed E-state index contributed by atoms with van der Waals surface area (Å²) >= 11 is 0. The van der Waals surface area contributed by atoms with E-state index in [1.54, 1.807) is 30.6 Å². The van der Waals surface area contributed by atoms with Crippen LogP contribution in [0.1, 0.15) is 105 Å². The van der Waals surface area contributed by atoms with E-state index in [-0.39, 0.29) is 0 Å². The molecule has 128 valence electrons. The molecule has 0 nitrogen and oxygen atoms in total. The molecular formula is C20H44Si. The summed E-state index contributed by atoms with van der Waals surface area (Å²) in [5.41, 5.74) is 0. The fraction of sp³-hybridized carbons (Fsp3) is 1.00. The summed E-state index contributed by atoms with van der Waals surface area (Å²) in [6, 6.07) is 6.56. The van der Waals surface area contributed by atoms with Gasteiger partial charge in [-0.1, -0.05) is 129 Å². The number of hydrogen-bond acceptors (Lipinski definition) is 0. The van der Waals surface area contributed by atoms with Crippen LogP contribution in [-0.2, 0) is 0 Å². The molecule has 0 saturated carbocycles. The highest BCUT2D eigenvalue weighted by Crippen LogP contribution is 2.34. The van der Waals surface area contributed by atoms with E-state index < -0.39 is 8.07 Å². The van der Waals surface area contributed by atoms with Crippen LogP contribution in [-0.4, -0.2) is 8.07 Å². The molecule has 0 unspecified atom stereocenters. The number of unbranched alkanes of at least 4 members (excludes halogenated alkanes) is 8. The molecule has 0 spiro atoms. The molecule has 0 amide bonds. The molecule has 1 heteroatoms. The van der Waals surface area contributed by atoms with Crippen molar-refractivity contribution in [3.05, 3.63) is 0 Å². The van der Waals surface area contributed by atoms with E-state index in [0.29, 0.717) is 0 Å². The highest BCUT2D eigenvalue weighted by Gasteiger charge is 2.29. The molecule has 0 atom stereocenters. The first-order valence-electron chi connectivity index (χ1n) is 10.2. The largest absolute Gasteiger partial charge is 0.0654 e. The van der Waals surface area contributed by atoms with E-state index in [9.17, 15) is 0 Å². The Bertz CT molecular complexity index is 178. The third-order valence-corrected chi connectivity index (χ3v) is 10.9. The van der Waals surface area contributed by atoms with Gasteiger partial charge in [0.1, 0.15) is 0 Å². The Morgan fingerprint density at radius 2 is 0.714 bits per heavy atom. The van der Waals surface area contributed by atoms with Crippen molar-refractivity contribution in [1.82, 2.24) is 0 Å². The minimum absolute atomic E-state index is 0.927. The molecule has 0 aliphatic carbocycles. The number of rotatable bonds is 16. The molecule has 0 aliphatic heterocycles. The van der Waals surface area contributed by atoms with E-state index >= 15 is 0 Å². The first-order valence-corrected chi connectivity index (χ1v) is 13.1. The van der Waals surface area contributed by atoms with Crippen LogP contribution < -0.4 is 0 Å². The maximum Gasteiger partial charge on any atom is 0.0535 e. The fourth-order valence-corrected chi connectivity index (χ4v) is 9.50. The lowest BCUT2D eigenvalue weighted by molar-refractivity contribution is 0.619. The highest BCUT2D eigenvalue weighted by molar-refractivity contribution is 6.79. The monoisotopic (exact) mass is 312 g/mol. The van der Waals surface area contributed by atoms with Gasteiger partial charge >= 0.3 is 0 Å². The zero-order chi connectivity index (χ0) is 15.8. The maximum absolute atomic E-state index is 2.38. The van der Waals surface area contributed by atoms with Gasteiger partial charge in [-0.2, -0.15) is 0 Å². The van der Waals surface area contributed by atoms with Gasteiger partial charge in [-0.25, -0.2) is 0 Å². The Morgan fingerprint density at radius 1 is 0.381 bits per heavy atom. The van der Waals surface area contributed by atoms with Gasteiger partial charge in [-0.3, -0.25) is 0 Å². The Hall–Kier alpha value is 0.217. The molecule has 0 aliphatic rings. The summed E-state index contributed by atoms with van der Waals surface area (Å²) < 4.78 is 0. The molecule has 0 aromatic carbocycles. The third-order valence-electron chi connectivity index (χ3n) is 5.24. The van der Waals surface area contributed by atoms with E-state index in [1.165, 1.54) is 70.6 Å². The van der Waals surface area contributed by atoms with Crippen molar-refractivity contribution >= 4 is 8.07 Å². The Morgan fingerprint density at radius 3 is 1.14 bits per heavy atom. The molecule has 0 N–H and O–H groups in total. The Balaban J connectivity index is 4.28. The predicted molar refractivity (Wildman–Crippen MR) is 103 cm³/mol. The fourth-order valence-electron chi connectivity index (χ4n) is 3.69. The van der Waals surface area contributed by atoms with Crippen LogP contribution in [0.3, 0.4) is 0 Å². The van der Waals surface area contributed by atoms with Crippen molar-refractivity contribution in [2.75, 3.05) is 0 Å². The molecule has 0 heterocycles.